The monoisotopic (exact) mass is 736 g/mol. The second-order valence-corrected chi connectivity index (χ2v) is 13.7. The molecule has 280 valence electrons. The SMILES string of the molecule is CC(C)(C)OC(=O)NC[C@H]1CC[C@H](C(=O)N(c2ccc(-c3nn[nH]n3)cc2)[C@@H](Cc2ccc(-c3ccc(OC(=O)C(F)(F)F)nc3)cc2)C(N)=O)CC1. The molecule has 14 nitrogen and oxygen atoms in total. The number of alkyl halides is 3. The van der Waals surface area contributed by atoms with E-state index in [-0.39, 0.29) is 18.2 Å². The Morgan fingerprint density at radius 2 is 1.57 bits per heavy atom. The molecule has 0 radical (unpaired) electrons. The van der Waals surface area contributed by atoms with Crippen molar-refractivity contribution in [2.45, 2.75) is 70.7 Å². The van der Waals surface area contributed by atoms with Crippen molar-refractivity contribution in [2.75, 3.05) is 11.4 Å². The molecular weight excluding hydrogens is 697 g/mol. The van der Waals surface area contributed by atoms with E-state index in [9.17, 15) is 32.3 Å². The topological polar surface area (TPSA) is 195 Å². The van der Waals surface area contributed by atoms with Gasteiger partial charge in [0.2, 0.25) is 23.5 Å². The molecule has 4 aromatic rings. The summed E-state index contributed by atoms with van der Waals surface area (Å²) in [5.74, 6) is -3.74. The Morgan fingerprint density at radius 1 is 0.925 bits per heavy atom. The second kappa shape index (κ2) is 16.2. The number of tetrazole rings is 1. The van der Waals surface area contributed by atoms with Gasteiger partial charge in [-0.1, -0.05) is 24.3 Å². The lowest BCUT2D eigenvalue weighted by Gasteiger charge is -2.36. The average Bonchev–Trinajstić information content (AvgIpc) is 3.66. The number of nitrogens with one attached hydrogen (secondary N) is 2. The zero-order valence-electron chi connectivity index (χ0n) is 29.2. The van der Waals surface area contributed by atoms with E-state index < -0.39 is 47.6 Å². The Balaban J connectivity index is 1.32. The molecule has 1 saturated carbocycles. The fourth-order valence-corrected chi connectivity index (χ4v) is 6.01. The number of benzene rings is 2. The number of hydrogen-bond donors (Lipinski definition) is 3. The minimum atomic E-state index is -5.15. The maximum absolute atomic E-state index is 14.4. The second-order valence-electron chi connectivity index (χ2n) is 13.7. The van der Waals surface area contributed by atoms with Crippen molar-refractivity contribution < 1.29 is 41.8 Å². The molecule has 0 spiro atoms. The number of nitrogens with zero attached hydrogens (tertiary/aromatic N) is 5. The van der Waals surface area contributed by atoms with Gasteiger partial charge in [-0.15, -0.1) is 10.2 Å². The molecule has 0 unspecified atom stereocenters. The summed E-state index contributed by atoms with van der Waals surface area (Å²) in [7, 11) is 0. The third-order valence-electron chi connectivity index (χ3n) is 8.64. The summed E-state index contributed by atoms with van der Waals surface area (Å²) in [6, 6.07) is 15.3. The average molecular weight is 737 g/mol. The van der Waals surface area contributed by atoms with E-state index in [2.05, 4.69) is 35.7 Å². The van der Waals surface area contributed by atoms with Crippen LogP contribution in [0.25, 0.3) is 22.5 Å². The van der Waals surface area contributed by atoms with Gasteiger partial charge in [0.15, 0.2) is 0 Å². The summed E-state index contributed by atoms with van der Waals surface area (Å²) in [5, 5.41) is 16.8. The van der Waals surface area contributed by atoms with E-state index in [4.69, 9.17) is 10.5 Å². The van der Waals surface area contributed by atoms with Crippen LogP contribution in [-0.2, 0) is 25.5 Å². The third kappa shape index (κ3) is 10.4. The van der Waals surface area contributed by atoms with Crippen LogP contribution in [0.15, 0.2) is 66.9 Å². The van der Waals surface area contributed by atoms with Gasteiger partial charge in [0.05, 0.1) is 0 Å². The van der Waals surface area contributed by atoms with Gasteiger partial charge in [-0.3, -0.25) is 14.5 Å². The van der Waals surface area contributed by atoms with Gasteiger partial charge in [0, 0.05) is 48.0 Å². The van der Waals surface area contributed by atoms with Gasteiger partial charge < -0.3 is 20.5 Å². The summed E-state index contributed by atoms with van der Waals surface area (Å²) in [6.07, 6.45) is -1.86. The highest BCUT2D eigenvalue weighted by molar-refractivity contribution is 6.01. The minimum absolute atomic E-state index is 0.0771. The number of alkyl carbamates (subject to hydrolysis) is 1. The summed E-state index contributed by atoms with van der Waals surface area (Å²) in [5.41, 5.74) is 8.33. The number of hydrogen-bond acceptors (Lipinski definition) is 10. The van der Waals surface area contributed by atoms with E-state index in [1.807, 2.05) is 0 Å². The Morgan fingerprint density at radius 3 is 2.11 bits per heavy atom. The van der Waals surface area contributed by atoms with E-state index >= 15 is 0 Å². The fraction of sp³-hybridized carbons (Fsp3) is 0.389. The Bertz CT molecular complexity index is 1870. The van der Waals surface area contributed by atoms with Crippen molar-refractivity contribution in [1.29, 1.82) is 0 Å². The number of esters is 1. The van der Waals surface area contributed by atoms with Crippen molar-refractivity contribution in [1.82, 2.24) is 30.9 Å². The molecule has 53 heavy (non-hydrogen) atoms. The molecule has 4 N–H and O–H groups in total. The highest BCUT2D eigenvalue weighted by atomic mass is 19.4. The minimum Gasteiger partial charge on any atom is -0.444 e. The zero-order chi connectivity index (χ0) is 38.3. The van der Waals surface area contributed by atoms with Gasteiger partial charge in [-0.25, -0.2) is 14.6 Å². The number of pyridine rings is 1. The molecule has 1 aliphatic rings. The number of H-pyrrole nitrogens is 1. The Labute approximate surface area is 302 Å². The highest BCUT2D eigenvalue weighted by Gasteiger charge is 2.41. The highest BCUT2D eigenvalue weighted by Crippen LogP contribution is 2.33. The van der Waals surface area contributed by atoms with Crippen molar-refractivity contribution in [3.8, 4) is 28.4 Å². The van der Waals surface area contributed by atoms with Crippen molar-refractivity contribution >= 4 is 29.6 Å². The van der Waals surface area contributed by atoms with Crippen LogP contribution in [-0.4, -0.2) is 73.8 Å². The molecule has 3 amide bonds. The number of primary amides is 1. The van der Waals surface area contributed by atoms with Crippen LogP contribution in [0.5, 0.6) is 5.88 Å². The smallest absolute Gasteiger partial charge is 0.444 e. The van der Waals surface area contributed by atoms with Gasteiger partial charge >= 0.3 is 18.2 Å². The number of ether oxygens (including phenoxy) is 2. The Kier molecular flexibility index (Phi) is 11.7. The number of amides is 3. The van der Waals surface area contributed by atoms with Gasteiger partial charge in [0.1, 0.15) is 11.6 Å². The van der Waals surface area contributed by atoms with E-state index in [0.717, 1.165) is 6.07 Å². The molecule has 0 saturated heterocycles. The summed E-state index contributed by atoms with van der Waals surface area (Å²) in [6.45, 7) is 5.79. The maximum atomic E-state index is 14.4. The molecule has 1 atom stereocenters. The first-order chi connectivity index (χ1) is 25.1. The number of carbonyl (C=O) groups is 4. The number of aromatic amines is 1. The molecule has 5 rings (SSSR count). The lowest BCUT2D eigenvalue weighted by Crippen LogP contribution is -2.52. The van der Waals surface area contributed by atoms with Crippen LogP contribution in [0.4, 0.5) is 23.7 Å². The third-order valence-corrected chi connectivity index (χ3v) is 8.64. The standard InChI is InChI=1S/C36H39F3N8O6/c1-35(2,3)53-34(51)42-19-22-6-10-25(11-7-22)32(49)47(27-15-12-24(13-16-27)31-43-45-46-44-31)28(30(40)48)18-21-4-8-23(9-5-21)26-14-17-29(41-20-26)52-33(50)36(37,38)39/h4-5,8-9,12-17,20,22,25,28H,6-7,10-11,18-19H2,1-3H3,(H2,40,48)(H,42,51)(H,43,44,45,46)/t22-,25-,28-/m0/s1. The van der Waals surface area contributed by atoms with Crippen molar-refractivity contribution in [3.63, 3.8) is 0 Å². The van der Waals surface area contributed by atoms with Crippen molar-refractivity contribution in [3.05, 3.63) is 72.4 Å². The normalized spacial score (nSPS) is 16.6. The summed E-state index contributed by atoms with van der Waals surface area (Å²) in [4.78, 5) is 56.0. The van der Waals surface area contributed by atoms with Gasteiger partial charge in [-0.2, -0.15) is 18.4 Å². The number of halogens is 3. The van der Waals surface area contributed by atoms with Gasteiger partial charge in [-0.05, 0) is 99.0 Å². The number of rotatable bonds is 11. The number of aromatic nitrogens is 5. The first-order valence-corrected chi connectivity index (χ1v) is 16.8. The number of anilines is 1. The van der Waals surface area contributed by atoms with Crippen LogP contribution in [0, 0.1) is 11.8 Å². The molecule has 2 aromatic heterocycles. The van der Waals surface area contributed by atoms with E-state index in [1.165, 1.54) is 17.2 Å². The zero-order valence-corrected chi connectivity index (χ0v) is 29.2. The molecule has 1 aliphatic carbocycles. The first-order valence-electron chi connectivity index (χ1n) is 16.8. The van der Waals surface area contributed by atoms with Gasteiger partial charge in [0.25, 0.3) is 0 Å². The lowest BCUT2D eigenvalue weighted by molar-refractivity contribution is -0.190. The van der Waals surface area contributed by atoms with Crippen LogP contribution < -0.4 is 20.7 Å². The van der Waals surface area contributed by atoms with Crippen LogP contribution in [0.1, 0.15) is 52.0 Å². The molecule has 2 heterocycles. The van der Waals surface area contributed by atoms with Crippen LogP contribution in [0.3, 0.4) is 0 Å². The van der Waals surface area contributed by atoms with E-state index in [1.54, 1.807) is 69.3 Å². The number of nitrogens with two attached hydrogens (primary N) is 1. The molecule has 0 aliphatic heterocycles. The number of carbonyl (C=O) groups excluding carboxylic acids is 4. The summed E-state index contributed by atoms with van der Waals surface area (Å²) >= 11 is 0. The Hall–Kier alpha value is -5.87. The lowest BCUT2D eigenvalue weighted by atomic mass is 9.81. The first kappa shape index (κ1) is 38.4. The van der Waals surface area contributed by atoms with Crippen LogP contribution in [0.2, 0.25) is 0 Å². The maximum Gasteiger partial charge on any atom is 0.491 e. The summed E-state index contributed by atoms with van der Waals surface area (Å²) < 4.78 is 47.2. The predicted octanol–water partition coefficient (Wildman–Crippen LogP) is 5.16. The fourth-order valence-electron chi connectivity index (χ4n) is 6.01. The quantitative estimate of drug-likeness (QED) is 0.173. The van der Waals surface area contributed by atoms with Crippen LogP contribution >= 0.6 is 0 Å². The molecule has 17 heteroatoms. The molecule has 0 bridgehead atoms. The molecule has 1 fully saturated rings. The largest absolute Gasteiger partial charge is 0.491 e. The molecular formula is C36H39F3N8O6. The molecule has 2 aromatic carbocycles. The van der Waals surface area contributed by atoms with Crippen molar-refractivity contribution in [2.24, 2.45) is 17.6 Å². The van der Waals surface area contributed by atoms with E-state index in [0.29, 0.717) is 66.0 Å². The predicted molar refractivity (Wildman–Crippen MR) is 185 cm³/mol.